The average molecular weight is 368 g/mol. The van der Waals surface area contributed by atoms with E-state index in [4.69, 9.17) is 0 Å². The van der Waals surface area contributed by atoms with Crippen LogP contribution in [-0.2, 0) is 9.59 Å². The van der Waals surface area contributed by atoms with Crippen LogP contribution in [-0.4, -0.2) is 30.3 Å². The number of likely N-dealkylation sites (N-methyl/N-ethyl adjacent to an activating group) is 1. The number of para-hydroxylation sites is 1. The highest BCUT2D eigenvalue weighted by atomic mass is 32.1. The molecule has 1 N–H and O–H groups in total. The van der Waals surface area contributed by atoms with Crippen molar-refractivity contribution in [2.24, 2.45) is 5.92 Å². The van der Waals surface area contributed by atoms with E-state index in [1.54, 1.807) is 35.4 Å². The lowest BCUT2D eigenvalue weighted by molar-refractivity contribution is -0.135. The zero-order valence-electron chi connectivity index (χ0n) is 14.1. The van der Waals surface area contributed by atoms with Crippen LogP contribution in [0.15, 0.2) is 53.9 Å². The molecule has 1 aromatic heterocycles. The Bertz CT molecular complexity index is 1000. The third kappa shape index (κ3) is 2.76. The number of carbonyl (C=O) groups excluding carboxylic acids is 2. The van der Waals surface area contributed by atoms with Crippen LogP contribution in [0.25, 0.3) is 10.1 Å². The summed E-state index contributed by atoms with van der Waals surface area (Å²) in [6.07, 6.45) is 0. The number of nitrogens with zero attached hydrogens (tertiary/aromatic N) is 1. The fourth-order valence-corrected chi connectivity index (χ4v) is 4.56. The number of amides is 2. The second-order valence-corrected chi connectivity index (χ2v) is 7.37. The van der Waals surface area contributed by atoms with Crippen molar-refractivity contribution >= 4 is 38.9 Å². The maximum Gasteiger partial charge on any atom is 0.237 e. The van der Waals surface area contributed by atoms with Gasteiger partial charge in [0, 0.05) is 24.2 Å². The van der Waals surface area contributed by atoms with Crippen LogP contribution in [0, 0.1) is 11.7 Å². The van der Waals surface area contributed by atoms with E-state index >= 15 is 0 Å². The van der Waals surface area contributed by atoms with Crippen LogP contribution < -0.4 is 5.32 Å². The van der Waals surface area contributed by atoms with Gasteiger partial charge in [-0.25, -0.2) is 4.39 Å². The van der Waals surface area contributed by atoms with E-state index in [0.29, 0.717) is 6.54 Å². The summed E-state index contributed by atoms with van der Waals surface area (Å²) in [5, 5.41) is 5.67. The van der Waals surface area contributed by atoms with Crippen LogP contribution in [0.5, 0.6) is 0 Å². The number of thiophene rings is 1. The molecule has 4 rings (SSSR count). The van der Waals surface area contributed by atoms with Gasteiger partial charge in [-0.3, -0.25) is 9.59 Å². The van der Waals surface area contributed by atoms with Crippen molar-refractivity contribution in [3.8, 4) is 0 Å². The van der Waals surface area contributed by atoms with Crippen molar-refractivity contribution in [1.82, 2.24) is 4.90 Å². The first kappa shape index (κ1) is 16.7. The van der Waals surface area contributed by atoms with Gasteiger partial charge in [-0.1, -0.05) is 30.3 Å². The Kier molecular flexibility index (Phi) is 4.20. The molecular weight excluding hydrogens is 351 g/mol. The number of fused-ring (bicyclic) bond motifs is 1. The van der Waals surface area contributed by atoms with Crippen molar-refractivity contribution in [1.29, 1.82) is 0 Å². The molecule has 1 aliphatic rings. The molecule has 0 spiro atoms. The lowest BCUT2D eigenvalue weighted by atomic mass is 9.87. The van der Waals surface area contributed by atoms with Gasteiger partial charge in [0.15, 0.2) is 0 Å². The van der Waals surface area contributed by atoms with Gasteiger partial charge < -0.3 is 10.2 Å². The minimum absolute atomic E-state index is 0.0915. The number of carbonyl (C=O) groups is 2. The molecule has 0 aliphatic carbocycles. The molecule has 4 nitrogen and oxygen atoms in total. The van der Waals surface area contributed by atoms with Gasteiger partial charge in [-0.05, 0) is 34.5 Å². The first-order valence-corrected chi connectivity index (χ1v) is 9.20. The number of anilines is 1. The van der Waals surface area contributed by atoms with E-state index in [1.807, 2.05) is 29.6 Å². The van der Waals surface area contributed by atoms with Gasteiger partial charge >= 0.3 is 0 Å². The normalized spacial score (nSPS) is 19.9. The molecule has 6 heteroatoms. The predicted molar refractivity (Wildman–Crippen MR) is 101 cm³/mol. The third-order valence-corrected chi connectivity index (χ3v) is 5.82. The Balaban J connectivity index is 1.69. The molecule has 132 valence electrons. The van der Waals surface area contributed by atoms with Crippen molar-refractivity contribution < 1.29 is 14.0 Å². The molecule has 1 fully saturated rings. The largest absolute Gasteiger partial charge is 0.344 e. The highest BCUT2D eigenvalue weighted by molar-refractivity contribution is 7.17. The molecule has 2 atom stereocenters. The zero-order valence-corrected chi connectivity index (χ0v) is 14.9. The summed E-state index contributed by atoms with van der Waals surface area (Å²) in [6.45, 7) is 0.467. The summed E-state index contributed by atoms with van der Waals surface area (Å²) >= 11 is 1.60. The van der Waals surface area contributed by atoms with Gasteiger partial charge in [0.2, 0.25) is 11.8 Å². The van der Waals surface area contributed by atoms with Crippen LogP contribution in [0.1, 0.15) is 11.5 Å². The molecule has 2 amide bonds. The summed E-state index contributed by atoms with van der Waals surface area (Å²) in [4.78, 5) is 27.1. The smallest absolute Gasteiger partial charge is 0.237 e. The Morgan fingerprint density at radius 1 is 1.19 bits per heavy atom. The fraction of sp³-hybridized carbons (Fsp3) is 0.200. The van der Waals surface area contributed by atoms with E-state index < -0.39 is 17.6 Å². The van der Waals surface area contributed by atoms with Crippen LogP contribution in [0.3, 0.4) is 0 Å². The van der Waals surface area contributed by atoms with Gasteiger partial charge in [0.1, 0.15) is 11.7 Å². The quantitative estimate of drug-likeness (QED) is 0.714. The molecular formula is C20H17FN2O2S. The predicted octanol–water partition coefficient (Wildman–Crippen LogP) is 3.85. The third-order valence-electron chi connectivity index (χ3n) is 4.84. The molecule has 1 aliphatic heterocycles. The lowest BCUT2D eigenvalue weighted by Crippen LogP contribution is -2.32. The second-order valence-electron chi connectivity index (χ2n) is 6.46. The number of halogens is 1. The van der Waals surface area contributed by atoms with Gasteiger partial charge in [-0.2, -0.15) is 0 Å². The number of hydrogen-bond acceptors (Lipinski definition) is 3. The summed E-state index contributed by atoms with van der Waals surface area (Å²) in [5.41, 5.74) is 1.09. The minimum atomic E-state index is -0.863. The molecule has 3 aromatic rings. The van der Waals surface area contributed by atoms with Gasteiger partial charge in [0.25, 0.3) is 0 Å². The fourth-order valence-electron chi connectivity index (χ4n) is 3.53. The molecule has 26 heavy (non-hydrogen) atoms. The Morgan fingerprint density at radius 2 is 1.92 bits per heavy atom. The maximum atomic E-state index is 13.9. The molecule has 0 radical (unpaired) electrons. The first-order valence-electron chi connectivity index (χ1n) is 8.33. The number of hydrogen-bond donors (Lipinski definition) is 1. The molecule has 0 unspecified atom stereocenters. The zero-order chi connectivity index (χ0) is 18.3. The Hall–Kier alpha value is -2.73. The Morgan fingerprint density at radius 3 is 2.73 bits per heavy atom. The van der Waals surface area contributed by atoms with E-state index in [9.17, 15) is 14.0 Å². The highest BCUT2D eigenvalue weighted by Gasteiger charge is 2.45. The molecule has 2 heterocycles. The molecule has 2 aromatic carbocycles. The number of benzene rings is 2. The van der Waals surface area contributed by atoms with Gasteiger partial charge in [-0.15, -0.1) is 11.3 Å². The summed E-state index contributed by atoms with van der Waals surface area (Å²) < 4.78 is 15.0. The highest BCUT2D eigenvalue weighted by Crippen LogP contribution is 2.40. The van der Waals surface area contributed by atoms with E-state index in [-0.39, 0.29) is 17.5 Å². The van der Waals surface area contributed by atoms with Crippen molar-refractivity contribution in [3.05, 3.63) is 65.3 Å². The van der Waals surface area contributed by atoms with Crippen LogP contribution in [0.2, 0.25) is 0 Å². The Labute approximate surface area is 154 Å². The van der Waals surface area contributed by atoms with Crippen LogP contribution in [0.4, 0.5) is 10.1 Å². The SMILES string of the molecule is CN1C[C@H](c2csc3ccccc23)[C@@H](C(=O)Nc2ccccc2F)C1=O. The molecule has 0 saturated carbocycles. The standard InChI is InChI=1S/C20H17FN2O2S/c1-23-10-13(14-11-26-17-9-5-2-6-12(14)17)18(20(23)25)19(24)22-16-8-4-3-7-15(16)21/h2-9,11,13,18H,10H2,1H3,(H,22,24)/t13-,18+/m1/s1. The minimum Gasteiger partial charge on any atom is -0.344 e. The number of nitrogens with one attached hydrogen (secondary N) is 1. The summed E-state index contributed by atoms with van der Waals surface area (Å²) in [5.74, 6) is -2.34. The van der Waals surface area contributed by atoms with E-state index in [1.165, 1.54) is 12.1 Å². The molecule has 1 saturated heterocycles. The van der Waals surface area contributed by atoms with Crippen LogP contribution >= 0.6 is 11.3 Å². The first-order chi connectivity index (χ1) is 12.6. The number of rotatable bonds is 3. The lowest BCUT2D eigenvalue weighted by Gasteiger charge is -2.16. The summed E-state index contributed by atoms with van der Waals surface area (Å²) in [7, 11) is 1.69. The van der Waals surface area contributed by atoms with Gasteiger partial charge in [0.05, 0.1) is 5.69 Å². The van der Waals surface area contributed by atoms with E-state index in [0.717, 1.165) is 15.6 Å². The van der Waals surface area contributed by atoms with E-state index in [2.05, 4.69) is 5.32 Å². The second kappa shape index (κ2) is 6.53. The topological polar surface area (TPSA) is 49.4 Å². The van der Waals surface area contributed by atoms with Crippen molar-refractivity contribution in [2.45, 2.75) is 5.92 Å². The average Bonchev–Trinajstić information content (AvgIpc) is 3.18. The van der Waals surface area contributed by atoms with Crippen molar-refractivity contribution in [3.63, 3.8) is 0 Å². The maximum absolute atomic E-state index is 13.9. The monoisotopic (exact) mass is 368 g/mol. The van der Waals surface area contributed by atoms with Crippen molar-refractivity contribution in [2.75, 3.05) is 18.9 Å². The summed E-state index contributed by atoms with van der Waals surface area (Å²) in [6, 6.07) is 13.9. The number of likely N-dealkylation sites (tertiary alicyclic amines) is 1. The molecule has 0 bridgehead atoms.